The first-order chi connectivity index (χ1) is 14.0. The molecule has 0 radical (unpaired) electrons. The van der Waals surface area contributed by atoms with E-state index < -0.39 is 5.66 Å². The smallest absolute Gasteiger partial charge is 0.255 e. The summed E-state index contributed by atoms with van der Waals surface area (Å²) in [5, 5.41) is 7.16. The summed E-state index contributed by atoms with van der Waals surface area (Å²) in [5.41, 5.74) is 0.488. The fourth-order valence-electron chi connectivity index (χ4n) is 5.54. The lowest BCUT2D eigenvalue weighted by Crippen LogP contribution is -2.59. The molecule has 1 atom stereocenters. The maximum atomic E-state index is 12.9. The molecule has 2 spiro atoms. The molecule has 3 heterocycles. The van der Waals surface area contributed by atoms with Crippen LogP contribution in [0.1, 0.15) is 61.7 Å². The van der Waals surface area contributed by atoms with E-state index in [1.54, 1.807) is 12.1 Å². The lowest BCUT2D eigenvalue weighted by Gasteiger charge is -2.42. The van der Waals surface area contributed by atoms with Crippen molar-refractivity contribution in [2.45, 2.75) is 62.6 Å². The molecule has 7 heteroatoms. The third-order valence-electron chi connectivity index (χ3n) is 7.14. The number of amides is 2. The van der Waals surface area contributed by atoms with Gasteiger partial charge in [0.2, 0.25) is 5.91 Å². The third-order valence-corrected chi connectivity index (χ3v) is 7.38. The summed E-state index contributed by atoms with van der Waals surface area (Å²) in [6, 6.07) is 5.34. The second kappa shape index (κ2) is 7.17. The molecule has 1 aliphatic carbocycles. The maximum Gasteiger partial charge on any atom is 0.255 e. The van der Waals surface area contributed by atoms with Crippen molar-refractivity contribution in [2.75, 3.05) is 25.0 Å². The van der Waals surface area contributed by atoms with E-state index in [1.807, 2.05) is 11.0 Å². The van der Waals surface area contributed by atoms with E-state index in [0.29, 0.717) is 29.5 Å². The number of fused-ring (bicyclic) bond motifs is 1. The van der Waals surface area contributed by atoms with Gasteiger partial charge in [-0.2, -0.15) is 0 Å². The van der Waals surface area contributed by atoms with Crippen LogP contribution in [0.2, 0.25) is 5.02 Å². The zero-order chi connectivity index (χ0) is 20.1. The molecule has 1 aromatic rings. The average molecular weight is 418 g/mol. The molecule has 1 aromatic carbocycles. The fourth-order valence-corrected chi connectivity index (χ4v) is 5.71. The fraction of sp³-hybridized carbons (Fsp3) is 0.636. The number of hydrogen-bond donors (Lipinski definition) is 2. The topological polar surface area (TPSA) is 70.7 Å². The maximum absolute atomic E-state index is 12.9. The van der Waals surface area contributed by atoms with Gasteiger partial charge in [-0.25, -0.2) is 0 Å². The molecule has 0 bridgehead atoms. The molecule has 29 heavy (non-hydrogen) atoms. The number of halogens is 1. The van der Waals surface area contributed by atoms with Gasteiger partial charge >= 0.3 is 0 Å². The molecule has 156 valence electrons. The zero-order valence-electron chi connectivity index (χ0n) is 16.6. The molecule has 3 aliphatic heterocycles. The Bertz CT molecular complexity index is 831. The van der Waals surface area contributed by atoms with Crippen molar-refractivity contribution in [3.8, 4) is 0 Å². The van der Waals surface area contributed by atoms with Crippen LogP contribution in [0.5, 0.6) is 0 Å². The quantitative estimate of drug-likeness (QED) is 0.733. The summed E-state index contributed by atoms with van der Waals surface area (Å²) in [4.78, 5) is 27.6. The van der Waals surface area contributed by atoms with Gasteiger partial charge in [0.15, 0.2) is 0 Å². The largest absolute Gasteiger partial charge is 0.370 e. The number of ether oxygens (including phenoxy) is 1. The second-order valence-electron chi connectivity index (χ2n) is 9.16. The minimum absolute atomic E-state index is 0.119. The molecule has 0 unspecified atom stereocenters. The summed E-state index contributed by atoms with van der Waals surface area (Å²) in [6.07, 6.45) is 8.04. The molecule has 2 N–H and O–H groups in total. The van der Waals surface area contributed by atoms with Crippen LogP contribution in [-0.4, -0.2) is 47.7 Å². The Hall–Kier alpha value is -1.79. The molecular weight excluding hydrogens is 390 g/mol. The molecule has 2 amide bonds. The van der Waals surface area contributed by atoms with Crippen LogP contribution in [-0.2, 0) is 9.53 Å². The van der Waals surface area contributed by atoms with E-state index in [1.165, 1.54) is 19.3 Å². The number of carbonyl (C=O) groups excluding carboxylic acids is 2. The Morgan fingerprint density at radius 1 is 1.14 bits per heavy atom. The Labute approximate surface area is 176 Å². The standard InChI is InChI=1S/C22H28ClN3O3/c23-16-6-7-18-17(12-16)19(27)25-22(24-18)13-21(29-14-22)8-10-26(11-9-21)20(28)15-4-2-1-3-5-15/h6-7,12,15,24H,1-5,8-11,13-14H2,(H,25,27)/t22-/m1/s1. The van der Waals surface area contributed by atoms with Crippen LogP contribution in [0, 0.1) is 5.92 Å². The van der Waals surface area contributed by atoms with Gasteiger partial charge in [-0.3, -0.25) is 9.59 Å². The van der Waals surface area contributed by atoms with Gasteiger partial charge in [0, 0.05) is 36.1 Å². The van der Waals surface area contributed by atoms with Gasteiger partial charge in [-0.1, -0.05) is 30.9 Å². The minimum Gasteiger partial charge on any atom is -0.370 e. The Morgan fingerprint density at radius 3 is 2.66 bits per heavy atom. The normalized spacial score (nSPS) is 28.9. The van der Waals surface area contributed by atoms with Crippen molar-refractivity contribution in [1.29, 1.82) is 0 Å². The van der Waals surface area contributed by atoms with E-state index >= 15 is 0 Å². The highest BCUT2D eigenvalue weighted by atomic mass is 35.5. The Morgan fingerprint density at radius 2 is 1.90 bits per heavy atom. The summed E-state index contributed by atoms with van der Waals surface area (Å²) < 4.78 is 6.29. The number of nitrogens with one attached hydrogen (secondary N) is 2. The number of piperidine rings is 1. The lowest BCUT2D eigenvalue weighted by atomic mass is 9.83. The molecule has 2 saturated heterocycles. The highest BCUT2D eigenvalue weighted by molar-refractivity contribution is 6.31. The average Bonchev–Trinajstić information content (AvgIpc) is 3.06. The van der Waals surface area contributed by atoms with E-state index in [0.717, 1.165) is 44.5 Å². The van der Waals surface area contributed by atoms with Crippen LogP contribution >= 0.6 is 11.6 Å². The van der Waals surface area contributed by atoms with E-state index in [4.69, 9.17) is 16.3 Å². The van der Waals surface area contributed by atoms with Crippen LogP contribution in [0.4, 0.5) is 5.69 Å². The molecule has 4 aliphatic rings. The second-order valence-corrected chi connectivity index (χ2v) is 9.60. The van der Waals surface area contributed by atoms with Gasteiger partial charge < -0.3 is 20.3 Å². The lowest BCUT2D eigenvalue weighted by molar-refractivity contribution is -0.141. The highest BCUT2D eigenvalue weighted by Gasteiger charge is 2.53. The SMILES string of the molecule is O=C1N[C@]2(COC3(CCN(C(=O)C4CCCCC4)CC3)C2)Nc2ccc(Cl)cc21. The van der Waals surface area contributed by atoms with Crippen LogP contribution in [0.25, 0.3) is 0 Å². The number of anilines is 1. The van der Waals surface area contributed by atoms with Gasteiger partial charge in [0.25, 0.3) is 5.91 Å². The molecule has 1 saturated carbocycles. The Kier molecular flexibility index (Phi) is 4.74. The van der Waals surface area contributed by atoms with Crippen molar-refractivity contribution in [3.63, 3.8) is 0 Å². The van der Waals surface area contributed by atoms with Crippen molar-refractivity contribution >= 4 is 29.1 Å². The molecule has 3 fully saturated rings. The number of benzene rings is 1. The summed E-state index contributed by atoms with van der Waals surface area (Å²) in [5.74, 6) is 0.435. The molecular formula is C22H28ClN3O3. The van der Waals surface area contributed by atoms with E-state index in [9.17, 15) is 9.59 Å². The summed E-state index contributed by atoms with van der Waals surface area (Å²) in [7, 11) is 0. The number of carbonyl (C=O) groups is 2. The van der Waals surface area contributed by atoms with Crippen molar-refractivity contribution in [3.05, 3.63) is 28.8 Å². The zero-order valence-corrected chi connectivity index (χ0v) is 17.4. The van der Waals surface area contributed by atoms with Gasteiger partial charge in [0.1, 0.15) is 5.66 Å². The number of likely N-dealkylation sites (tertiary alicyclic amines) is 1. The van der Waals surface area contributed by atoms with E-state index in [2.05, 4.69) is 10.6 Å². The summed E-state index contributed by atoms with van der Waals surface area (Å²) >= 11 is 6.04. The van der Waals surface area contributed by atoms with Crippen molar-refractivity contribution in [1.82, 2.24) is 10.2 Å². The minimum atomic E-state index is -0.590. The molecule has 5 rings (SSSR count). The van der Waals surface area contributed by atoms with Gasteiger partial charge in [-0.05, 0) is 43.9 Å². The first-order valence-corrected chi connectivity index (χ1v) is 11.2. The van der Waals surface area contributed by atoms with Crippen molar-refractivity contribution in [2.24, 2.45) is 5.92 Å². The third kappa shape index (κ3) is 3.50. The monoisotopic (exact) mass is 417 g/mol. The number of rotatable bonds is 1. The van der Waals surface area contributed by atoms with Crippen LogP contribution in [0.15, 0.2) is 18.2 Å². The predicted molar refractivity (Wildman–Crippen MR) is 111 cm³/mol. The molecule has 0 aromatic heterocycles. The van der Waals surface area contributed by atoms with Crippen molar-refractivity contribution < 1.29 is 14.3 Å². The van der Waals surface area contributed by atoms with Crippen LogP contribution in [0.3, 0.4) is 0 Å². The Balaban J connectivity index is 1.25. The molecule has 6 nitrogen and oxygen atoms in total. The summed E-state index contributed by atoms with van der Waals surface area (Å²) in [6.45, 7) is 1.91. The first kappa shape index (κ1) is 19.2. The predicted octanol–water partition coefficient (Wildman–Crippen LogP) is 3.55. The van der Waals surface area contributed by atoms with Gasteiger partial charge in [-0.15, -0.1) is 0 Å². The number of hydrogen-bond acceptors (Lipinski definition) is 4. The van der Waals surface area contributed by atoms with Gasteiger partial charge in [0.05, 0.1) is 17.8 Å². The van der Waals surface area contributed by atoms with Crippen LogP contribution < -0.4 is 10.6 Å². The number of nitrogens with zero attached hydrogens (tertiary/aromatic N) is 1. The first-order valence-electron chi connectivity index (χ1n) is 10.8. The van der Waals surface area contributed by atoms with E-state index in [-0.39, 0.29) is 17.4 Å². The highest BCUT2D eigenvalue weighted by Crippen LogP contribution is 2.43.